The Balaban J connectivity index is 4.43. The van der Waals surface area contributed by atoms with Crippen molar-refractivity contribution < 1.29 is 28.6 Å². The Morgan fingerprint density at radius 1 is 0.263 bits per heavy atom. The van der Waals surface area contributed by atoms with Crippen LogP contribution in [0.4, 0.5) is 0 Å². The van der Waals surface area contributed by atoms with E-state index in [9.17, 15) is 14.4 Å². The number of unbranched alkanes of at least 4 members (excludes halogenated alkanes) is 23. The topological polar surface area (TPSA) is 78.9 Å². The Morgan fingerprint density at radius 2 is 0.487 bits per heavy atom. The molecule has 0 aliphatic rings. The average Bonchev–Trinajstić information content (AvgIpc) is 3.46. The maximum Gasteiger partial charge on any atom is 0.306 e. The molecule has 0 aliphatic carbocycles. The monoisotopic (exact) mass is 1100 g/mol. The molecular weight excluding hydrogens is 985 g/mol. The van der Waals surface area contributed by atoms with Crippen LogP contribution in [0.3, 0.4) is 0 Å². The van der Waals surface area contributed by atoms with E-state index in [0.717, 1.165) is 161 Å². The summed E-state index contributed by atoms with van der Waals surface area (Å²) < 4.78 is 16.9. The number of esters is 3. The summed E-state index contributed by atoms with van der Waals surface area (Å²) in [6.45, 7) is 6.46. The summed E-state index contributed by atoms with van der Waals surface area (Å²) in [6.07, 6.45) is 95.6. The minimum atomic E-state index is -0.809. The van der Waals surface area contributed by atoms with Crippen LogP contribution >= 0.6 is 0 Å². The highest BCUT2D eigenvalue weighted by molar-refractivity contribution is 5.71. The Kier molecular flexibility index (Phi) is 62.9. The van der Waals surface area contributed by atoms with Crippen LogP contribution in [-0.4, -0.2) is 37.2 Å². The molecule has 0 rings (SSSR count). The molecule has 0 saturated carbocycles. The van der Waals surface area contributed by atoms with Gasteiger partial charge in [0.2, 0.25) is 0 Å². The van der Waals surface area contributed by atoms with Gasteiger partial charge in [-0.15, -0.1) is 0 Å². The molecule has 0 spiro atoms. The molecule has 452 valence electrons. The van der Waals surface area contributed by atoms with Gasteiger partial charge in [0, 0.05) is 19.3 Å². The Hall–Kier alpha value is -4.71. The number of hydrogen-bond donors (Lipinski definition) is 0. The minimum Gasteiger partial charge on any atom is -0.462 e. The van der Waals surface area contributed by atoms with Gasteiger partial charge in [0.25, 0.3) is 0 Å². The second kappa shape index (κ2) is 66.8. The van der Waals surface area contributed by atoms with Gasteiger partial charge in [0.1, 0.15) is 13.2 Å². The molecule has 0 amide bonds. The molecule has 0 aliphatic heterocycles. The number of carbonyl (C=O) groups excluding carboxylic acids is 3. The Morgan fingerprint density at radius 3 is 0.800 bits per heavy atom. The van der Waals surface area contributed by atoms with Crippen LogP contribution < -0.4 is 0 Å². The van der Waals surface area contributed by atoms with Gasteiger partial charge in [-0.3, -0.25) is 14.4 Å². The molecule has 6 nitrogen and oxygen atoms in total. The van der Waals surface area contributed by atoms with Crippen LogP contribution in [-0.2, 0) is 28.6 Å². The smallest absolute Gasteiger partial charge is 0.306 e. The maximum absolute atomic E-state index is 12.9. The van der Waals surface area contributed by atoms with E-state index in [4.69, 9.17) is 14.2 Å². The molecule has 0 aromatic carbocycles. The third kappa shape index (κ3) is 64.1. The lowest BCUT2D eigenvalue weighted by Gasteiger charge is -2.18. The van der Waals surface area contributed by atoms with Crippen LogP contribution in [0, 0.1) is 0 Å². The first kappa shape index (κ1) is 75.3. The van der Waals surface area contributed by atoms with E-state index in [1.165, 1.54) is 83.5 Å². The highest BCUT2D eigenvalue weighted by atomic mass is 16.6. The van der Waals surface area contributed by atoms with Crippen molar-refractivity contribution in [1.29, 1.82) is 0 Å². The van der Waals surface area contributed by atoms with Crippen molar-refractivity contribution in [1.82, 2.24) is 0 Å². The number of allylic oxidation sites excluding steroid dienone is 24. The summed E-state index contributed by atoms with van der Waals surface area (Å²) in [5, 5.41) is 0. The van der Waals surface area contributed by atoms with Gasteiger partial charge in [-0.25, -0.2) is 0 Å². The first-order valence-electron chi connectivity index (χ1n) is 32.8. The normalized spacial score (nSPS) is 13.1. The zero-order valence-electron chi connectivity index (χ0n) is 51.8. The fraction of sp³-hybridized carbons (Fsp3) is 0.635. The molecule has 0 aromatic heterocycles. The van der Waals surface area contributed by atoms with E-state index < -0.39 is 6.10 Å². The summed E-state index contributed by atoms with van der Waals surface area (Å²) in [5.41, 5.74) is 0. The first-order valence-corrected chi connectivity index (χ1v) is 32.8. The zero-order chi connectivity index (χ0) is 57.8. The Labute approximate surface area is 493 Å². The predicted octanol–water partition coefficient (Wildman–Crippen LogP) is 22.7. The summed E-state index contributed by atoms with van der Waals surface area (Å²) in [7, 11) is 0. The maximum atomic E-state index is 12.9. The van der Waals surface area contributed by atoms with Crippen LogP contribution in [0.5, 0.6) is 0 Å². The summed E-state index contributed by atoms with van der Waals surface area (Å²) >= 11 is 0. The highest BCUT2D eigenvalue weighted by Gasteiger charge is 2.19. The second-order valence-electron chi connectivity index (χ2n) is 21.3. The number of carbonyl (C=O) groups is 3. The summed E-state index contributed by atoms with van der Waals surface area (Å²) in [6, 6.07) is 0. The number of ether oxygens (including phenoxy) is 3. The Bertz CT molecular complexity index is 1750. The molecule has 0 heterocycles. The van der Waals surface area contributed by atoms with Crippen molar-refractivity contribution in [3.8, 4) is 0 Å². The lowest BCUT2D eigenvalue weighted by molar-refractivity contribution is -0.167. The van der Waals surface area contributed by atoms with Gasteiger partial charge < -0.3 is 14.2 Å². The minimum absolute atomic E-state index is 0.103. The summed E-state index contributed by atoms with van der Waals surface area (Å²) in [4.78, 5) is 38.3. The van der Waals surface area contributed by atoms with Gasteiger partial charge in [-0.1, -0.05) is 263 Å². The molecule has 0 aromatic rings. The average molecular weight is 1110 g/mol. The molecule has 0 saturated heterocycles. The summed E-state index contributed by atoms with van der Waals surface area (Å²) in [5.74, 6) is -0.958. The molecule has 0 fully saturated rings. The SMILES string of the molecule is CC/C=C\C/C=C\C/C=C\C/C=C\C/C=C\C/C=C\C/C=C\C/C=C\C/C=C\CCCCCC(=O)OCC(COC(=O)CCCCCCC/C=C\CCCCCCCC)OC(=O)CCCCCCC/C=C\C/C=C\CCCCCC. The van der Waals surface area contributed by atoms with Crippen LogP contribution in [0.15, 0.2) is 146 Å². The molecule has 0 radical (unpaired) electrons. The van der Waals surface area contributed by atoms with Crippen LogP contribution in [0.1, 0.15) is 284 Å². The van der Waals surface area contributed by atoms with E-state index >= 15 is 0 Å². The number of hydrogen-bond acceptors (Lipinski definition) is 6. The van der Waals surface area contributed by atoms with Gasteiger partial charge >= 0.3 is 17.9 Å². The number of rotatable bonds is 58. The van der Waals surface area contributed by atoms with Crippen molar-refractivity contribution >= 4 is 17.9 Å². The highest BCUT2D eigenvalue weighted by Crippen LogP contribution is 2.14. The van der Waals surface area contributed by atoms with Crippen LogP contribution in [0.25, 0.3) is 0 Å². The lowest BCUT2D eigenvalue weighted by Crippen LogP contribution is -2.30. The molecule has 1 atom stereocenters. The van der Waals surface area contributed by atoms with Gasteiger partial charge in [0.15, 0.2) is 6.10 Å². The lowest BCUT2D eigenvalue weighted by atomic mass is 10.1. The largest absolute Gasteiger partial charge is 0.462 e. The quantitative estimate of drug-likeness (QED) is 0.0261. The molecule has 6 heteroatoms. The molecule has 80 heavy (non-hydrogen) atoms. The van der Waals surface area contributed by atoms with Gasteiger partial charge in [-0.05, 0) is 148 Å². The third-order valence-corrected chi connectivity index (χ3v) is 13.5. The molecule has 0 N–H and O–H groups in total. The van der Waals surface area contributed by atoms with Crippen molar-refractivity contribution in [3.63, 3.8) is 0 Å². The van der Waals surface area contributed by atoms with Crippen molar-refractivity contribution in [2.24, 2.45) is 0 Å². The van der Waals surface area contributed by atoms with E-state index in [-0.39, 0.29) is 31.1 Å². The standard InChI is InChI=1S/C74H120O6/c1-4-7-10-13-16-19-22-25-28-30-31-32-33-34-35-36-37-38-39-40-41-42-43-44-47-49-52-55-58-61-64-67-73(76)79-70-71(69-78-72(75)66-63-60-57-54-51-48-45-27-24-21-18-15-12-9-6-3)80-74(77)68-65-62-59-56-53-50-46-29-26-23-20-17-14-11-8-5-2/h7,10,16,19-20,23,25,27-29,31-32,34-35,37-38,40-41,43-46,49,52,71H,4-6,8-9,11-15,17-18,21-22,24,26,30,33,36,39,42,47-48,50-51,53-70H2,1-3H3/b10-7-,19-16-,23-20-,28-25-,32-31-,35-34-,38-37-,41-40-,44-43-,45-27-,46-29-,52-49-. The van der Waals surface area contributed by atoms with E-state index in [1.807, 2.05) is 0 Å². The second-order valence-corrected chi connectivity index (χ2v) is 21.3. The van der Waals surface area contributed by atoms with Gasteiger partial charge in [-0.2, -0.15) is 0 Å². The predicted molar refractivity (Wildman–Crippen MR) is 348 cm³/mol. The fourth-order valence-corrected chi connectivity index (χ4v) is 8.64. The van der Waals surface area contributed by atoms with Crippen molar-refractivity contribution in [3.05, 3.63) is 146 Å². The van der Waals surface area contributed by atoms with Crippen molar-refractivity contribution in [2.45, 2.75) is 290 Å². The zero-order valence-corrected chi connectivity index (χ0v) is 51.8. The van der Waals surface area contributed by atoms with E-state index in [2.05, 4.69) is 167 Å². The fourth-order valence-electron chi connectivity index (χ4n) is 8.64. The van der Waals surface area contributed by atoms with Crippen molar-refractivity contribution in [2.75, 3.05) is 13.2 Å². The molecule has 0 bridgehead atoms. The van der Waals surface area contributed by atoms with E-state index in [0.29, 0.717) is 19.3 Å². The van der Waals surface area contributed by atoms with Gasteiger partial charge in [0.05, 0.1) is 0 Å². The van der Waals surface area contributed by atoms with E-state index in [1.54, 1.807) is 0 Å². The third-order valence-electron chi connectivity index (χ3n) is 13.5. The first-order chi connectivity index (χ1) is 39.5. The molecule has 1 unspecified atom stereocenters. The molecular formula is C74H120O6. The van der Waals surface area contributed by atoms with Crippen LogP contribution in [0.2, 0.25) is 0 Å².